The molecule has 0 aliphatic carbocycles. The number of aromatic nitrogens is 2. The Morgan fingerprint density at radius 3 is 2.36 bits per heavy atom. The fraction of sp³-hybridized carbons (Fsp3) is 0.111. The van der Waals surface area contributed by atoms with Gasteiger partial charge in [0.15, 0.2) is 0 Å². The standard InChI is InChI=1S/C18H16N4O3/c1-11(23)19-15-8-6-13(7-9-15)17(24)20-16-5-3-4-14(10-16)18-22-21-12(2)25-18/h3-10H,1-2H3,(H,19,23)(H,20,24). The minimum absolute atomic E-state index is 0.162. The van der Waals surface area contributed by atoms with Gasteiger partial charge in [-0.2, -0.15) is 0 Å². The van der Waals surface area contributed by atoms with E-state index in [1.54, 1.807) is 49.4 Å². The van der Waals surface area contributed by atoms with Crippen LogP contribution in [0.25, 0.3) is 11.5 Å². The molecule has 1 aromatic heterocycles. The Labute approximate surface area is 144 Å². The largest absolute Gasteiger partial charge is 0.421 e. The third-order valence-corrected chi connectivity index (χ3v) is 3.36. The molecule has 2 aromatic carbocycles. The molecule has 0 saturated heterocycles. The molecule has 2 amide bonds. The highest BCUT2D eigenvalue weighted by Crippen LogP contribution is 2.22. The van der Waals surface area contributed by atoms with Crippen molar-refractivity contribution in [2.24, 2.45) is 0 Å². The Balaban J connectivity index is 1.73. The van der Waals surface area contributed by atoms with Gasteiger partial charge in [-0.1, -0.05) is 6.07 Å². The third-order valence-electron chi connectivity index (χ3n) is 3.36. The number of hydrogen-bond acceptors (Lipinski definition) is 5. The van der Waals surface area contributed by atoms with Gasteiger partial charge in [-0.05, 0) is 42.5 Å². The average molecular weight is 336 g/mol. The minimum atomic E-state index is -0.256. The van der Waals surface area contributed by atoms with Crippen LogP contribution in [0.1, 0.15) is 23.2 Å². The summed E-state index contributed by atoms with van der Waals surface area (Å²) < 4.78 is 5.39. The molecule has 7 nitrogen and oxygen atoms in total. The SMILES string of the molecule is CC(=O)Nc1ccc(C(=O)Nc2cccc(-c3nnc(C)o3)c2)cc1. The van der Waals surface area contributed by atoms with Crippen LogP contribution in [0.4, 0.5) is 11.4 Å². The lowest BCUT2D eigenvalue weighted by molar-refractivity contribution is -0.114. The van der Waals surface area contributed by atoms with E-state index < -0.39 is 0 Å². The maximum atomic E-state index is 12.3. The van der Waals surface area contributed by atoms with Gasteiger partial charge in [-0.15, -0.1) is 10.2 Å². The summed E-state index contributed by atoms with van der Waals surface area (Å²) in [4.78, 5) is 23.4. The first kappa shape index (κ1) is 16.4. The zero-order valence-electron chi connectivity index (χ0n) is 13.7. The highest BCUT2D eigenvalue weighted by molar-refractivity contribution is 6.04. The lowest BCUT2D eigenvalue weighted by Gasteiger charge is -2.07. The molecule has 0 aliphatic rings. The molecule has 0 bridgehead atoms. The number of benzene rings is 2. The van der Waals surface area contributed by atoms with Gasteiger partial charge in [-0.25, -0.2) is 0 Å². The lowest BCUT2D eigenvalue weighted by Crippen LogP contribution is -2.12. The summed E-state index contributed by atoms with van der Waals surface area (Å²) in [6, 6.07) is 13.8. The fourth-order valence-electron chi connectivity index (χ4n) is 2.25. The van der Waals surface area contributed by atoms with Crippen molar-refractivity contribution in [3.8, 4) is 11.5 Å². The van der Waals surface area contributed by atoms with Crippen LogP contribution in [0.15, 0.2) is 52.9 Å². The number of amides is 2. The predicted octanol–water partition coefficient (Wildman–Crippen LogP) is 3.26. The molecule has 0 saturated carbocycles. The van der Waals surface area contributed by atoms with Crippen molar-refractivity contribution in [1.82, 2.24) is 10.2 Å². The molecule has 0 radical (unpaired) electrons. The van der Waals surface area contributed by atoms with Crippen molar-refractivity contribution < 1.29 is 14.0 Å². The average Bonchev–Trinajstić information content (AvgIpc) is 3.02. The van der Waals surface area contributed by atoms with Crippen LogP contribution in [-0.4, -0.2) is 22.0 Å². The van der Waals surface area contributed by atoms with E-state index in [2.05, 4.69) is 20.8 Å². The molecule has 0 fully saturated rings. The van der Waals surface area contributed by atoms with Crippen LogP contribution in [0.3, 0.4) is 0 Å². The minimum Gasteiger partial charge on any atom is -0.421 e. The third kappa shape index (κ3) is 4.08. The monoisotopic (exact) mass is 336 g/mol. The summed E-state index contributed by atoms with van der Waals surface area (Å²) >= 11 is 0. The summed E-state index contributed by atoms with van der Waals surface area (Å²) in [5.41, 5.74) is 2.45. The highest BCUT2D eigenvalue weighted by atomic mass is 16.4. The van der Waals surface area contributed by atoms with Crippen molar-refractivity contribution >= 4 is 23.2 Å². The van der Waals surface area contributed by atoms with Crippen LogP contribution in [-0.2, 0) is 4.79 Å². The first-order valence-electron chi connectivity index (χ1n) is 7.61. The quantitative estimate of drug-likeness (QED) is 0.762. The molecule has 7 heteroatoms. The summed E-state index contributed by atoms with van der Waals surface area (Å²) in [6.07, 6.45) is 0. The molecule has 2 N–H and O–H groups in total. The van der Waals surface area contributed by atoms with Crippen molar-refractivity contribution in [3.05, 3.63) is 60.0 Å². The maximum Gasteiger partial charge on any atom is 0.255 e. The highest BCUT2D eigenvalue weighted by Gasteiger charge is 2.10. The van der Waals surface area contributed by atoms with Crippen molar-refractivity contribution in [2.45, 2.75) is 13.8 Å². The van der Waals surface area contributed by atoms with E-state index in [0.717, 1.165) is 5.56 Å². The number of carbonyl (C=O) groups is 2. The van der Waals surface area contributed by atoms with Crippen molar-refractivity contribution in [3.63, 3.8) is 0 Å². The van der Waals surface area contributed by atoms with Crippen LogP contribution >= 0.6 is 0 Å². The van der Waals surface area contributed by atoms with E-state index in [1.807, 2.05) is 6.07 Å². The van der Waals surface area contributed by atoms with Crippen molar-refractivity contribution in [1.29, 1.82) is 0 Å². The molecule has 3 rings (SSSR count). The lowest BCUT2D eigenvalue weighted by atomic mass is 10.1. The summed E-state index contributed by atoms with van der Waals surface area (Å²) in [6.45, 7) is 3.14. The molecular formula is C18H16N4O3. The van der Waals surface area contributed by atoms with Crippen LogP contribution in [0.2, 0.25) is 0 Å². The summed E-state index contributed by atoms with van der Waals surface area (Å²) in [7, 11) is 0. The Morgan fingerprint density at radius 1 is 0.960 bits per heavy atom. The number of hydrogen-bond donors (Lipinski definition) is 2. The number of rotatable bonds is 4. The number of nitrogens with one attached hydrogen (secondary N) is 2. The molecule has 0 spiro atoms. The predicted molar refractivity (Wildman–Crippen MR) is 93.2 cm³/mol. The van der Waals surface area contributed by atoms with E-state index >= 15 is 0 Å². The Hall–Kier alpha value is -3.48. The van der Waals surface area contributed by atoms with Gasteiger partial charge in [0.25, 0.3) is 5.91 Å². The molecule has 3 aromatic rings. The van der Waals surface area contributed by atoms with Gasteiger partial charge in [0.1, 0.15) is 0 Å². The fourth-order valence-corrected chi connectivity index (χ4v) is 2.25. The van der Waals surface area contributed by atoms with Gasteiger partial charge in [0.2, 0.25) is 17.7 Å². The summed E-state index contributed by atoms with van der Waals surface area (Å²) in [5, 5.41) is 13.2. The van der Waals surface area contributed by atoms with E-state index in [0.29, 0.717) is 28.7 Å². The number of carbonyl (C=O) groups excluding carboxylic acids is 2. The van der Waals surface area contributed by atoms with E-state index in [4.69, 9.17) is 4.42 Å². The number of anilines is 2. The summed E-state index contributed by atoms with van der Waals surface area (Å²) in [5.74, 6) is 0.454. The molecule has 25 heavy (non-hydrogen) atoms. The zero-order valence-corrected chi connectivity index (χ0v) is 13.7. The number of aryl methyl sites for hydroxylation is 1. The van der Waals surface area contributed by atoms with E-state index in [9.17, 15) is 9.59 Å². The molecule has 0 unspecified atom stereocenters. The second-order valence-electron chi connectivity index (χ2n) is 5.42. The molecule has 0 atom stereocenters. The first-order chi connectivity index (χ1) is 12.0. The van der Waals surface area contributed by atoms with Gasteiger partial charge >= 0.3 is 0 Å². The van der Waals surface area contributed by atoms with E-state index in [-0.39, 0.29) is 11.8 Å². The zero-order chi connectivity index (χ0) is 17.8. The van der Waals surface area contributed by atoms with Gasteiger partial charge in [-0.3, -0.25) is 9.59 Å². The Morgan fingerprint density at radius 2 is 1.72 bits per heavy atom. The van der Waals surface area contributed by atoms with Crippen LogP contribution < -0.4 is 10.6 Å². The number of nitrogens with zero attached hydrogens (tertiary/aromatic N) is 2. The van der Waals surface area contributed by atoms with Crippen molar-refractivity contribution in [2.75, 3.05) is 10.6 Å². The topological polar surface area (TPSA) is 97.1 Å². The first-order valence-corrected chi connectivity index (χ1v) is 7.61. The van der Waals surface area contributed by atoms with Crippen LogP contribution in [0, 0.1) is 6.92 Å². The second kappa shape index (κ2) is 6.96. The smallest absolute Gasteiger partial charge is 0.255 e. The molecular weight excluding hydrogens is 320 g/mol. The Bertz CT molecular complexity index is 916. The molecule has 126 valence electrons. The Kier molecular flexibility index (Phi) is 4.56. The van der Waals surface area contributed by atoms with Gasteiger partial charge in [0.05, 0.1) is 0 Å². The van der Waals surface area contributed by atoms with Gasteiger partial charge < -0.3 is 15.1 Å². The normalized spacial score (nSPS) is 10.3. The second-order valence-corrected chi connectivity index (χ2v) is 5.42. The maximum absolute atomic E-state index is 12.3. The van der Waals surface area contributed by atoms with Crippen LogP contribution in [0.5, 0.6) is 0 Å². The van der Waals surface area contributed by atoms with E-state index in [1.165, 1.54) is 6.92 Å². The molecule has 1 heterocycles. The molecule has 0 aliphatic heterocycles. The van der Waals surface area contributed by atoms with Gasteiger partial charge in [0, 0.05) is 36.3 Å².